The molecule has 4 heterocycles. The molecule has 3 aromatic heterocycles. The zero-order valence-electron chi connectivity index (χ0n) is 16.9. The summed E-state index contributed by atoms with van der Waals surface area (Å²) in [6.07, 6.45) is 11.6. The summed E-state index contributed by atoms with van der Waals surface area (Å²) in [6.45, 7) is 0. The number of pyridine rings is 2. The number of hydrogen-bond donors (Lipinski definition) is 3. The highest BCUT2D eigenvalue weighted by Gasteiger charge is 2.32. The van der Waals surface area contributed by atoms with Gasteiger partial charge in [-0.15, -0.1) is 0 Å². The van der Waals surface area contributed by atoms with Crippen LogP contribution in [0.25, 0.3) is 27.7 Å². The Morgan fingerprint density at radius 1 is 1.00 bits per heavy atom. The van der Waals surface area contributed by atoms with Gasteiger partial charge in [-0.05, 0) is 35.8 Å². The van der Waals surface area contributed by atoms with Crippen LogP contribution in [0.3, 0.4) is 0 Å². The predicted molar refractivity (Wildman–Crippen MR) is 122 cm³/mol. The first-order valence-electron chi connectivity index (χ1n) is 10.2. The lowest BCUT2D eigenvalue weighted by molar-refractivity contribution is 0.631. The molecule has 8 heteroatoms. The fourth-order valence-corrected chi connectivity index (χ4v) is 4.26. The Hall–Kier alpha value is -4.33. The second-order valence-corrected chi connectivity index (χ2v) is 7.83. The van der Waals surface area contributed by atoms with Crippen molar-refractivity contribution >= 4 is 28.0 Å². The van der Waals surface area contributed by atoms with Crippen LogP contribution in [0.1, 0.15) is 17.8 Å². The largest absolute Gasteiger partial charge is 0.397 e. The van der Waals surface area contributed by atoms with Crippen LogP contribution < -0.4 is 11.2 Å². The zero-order chi connectivity index (χ0) is 21.7. The molecule has 4 aromatic rings. The Kier molecular flexibility index (Phi) is 4.10. The lowest BCUT2D eigenvalue weighted by atomic mass is 9.85. The van der Waals surface area contributed by atoms with E-state index in [9.17, 15) is 4.39 Å². The van der Waals surface area contributed by atoms with Crippen molar-refractivity contribution in [2.24, 2.45) is 11.0 Å². The molecule has 1 atom stereocenters. The van der Waals surface area contributed by atoms with Gasteiger partial charge in [0.05, 0.1) is 23.3 Å². The number of rotatable bonds is 3. The average Bonchev–Trinajstić information content (AvgIpc) is 3.43. The summed E-state index contributed by atoms with van der Waals surface area (Å²) in [5.74, 6) is 0.342. The third-order valence-electron chi connectivity index (χ3n) is 5.83. The Labute approximate surface area is 182 Å². The topological polar surface area (TPSA) is 105 Å². The molecule has 0 saturated heterocycles. The van der Waals surface area contributed by atoms with Crippen molar-refractivity contribution < 1.29 is 4.39 Å². The summed E-state index contributed by atoms with van der Waals surface area (Å²) in [4.78, 5) is 16.6. The number of aromatic nitrogens is 4. The predicted octanol–water partition coefficient (Wildman–Crippen LogP) is 4.04. The smallest absolute Gasteiger partial charge is 0.155 e. The lowest BCUT2D eigenvalue weighted by Crippen LogP contribution is -2.18. The molecule has 1 aliphatic carbocycles. The van der Waals surface area contributed by atoms with Crippen molar-refractivity contribution in [3.05, 3.63) is 90.2 Å². The van der Waals surface area contributed by atoms with Gasteiger partial charge in [0, 0.05) is 35.4 Å². The van der Waals surface area contributed by atoms with Crippen LogP contribution in [0.4, 0.5) is 10.1 Å². The third-order valence-corrected chi connectivity index (χ3v) is 5.83. The van der Waals surface area contributed by atoms with E-state index in [0.717, 1.165) is 34.5 Å². The number of H-pyrrole nitrogens is 1. The number of nitrogens with zero attached hydrogens (tertiary/aromatic N) is 4. The van der Waals surface area contributed by atoms with Crippen molar-refractivity contribution in [1.29, 1.82) is 0 Å². The molecule has 0 radical (unpaired) electrons. The third kappa shape index (κ3) is 2.96. The van der Waals surface area contributed by atoms with Crippen LogP contribution in [-0.2, 0) is 0 Å². The van der Waals surface area contributed by atoms with E-state index in [1.165, 1.54) is 6.07 Å². The quantitative estimate of drug-likeness (QED) is 0.461. The van der Waals surface area contributed by atoms with Crippen molar-refractivity contribution in [2.45, 2.75) is 6.42 Å². The first kappa shape index (κ1) is 18.4. The Morgan fingerprint density at radius 2 is 1.88 bits per heavy atom. The van der Waals surface area contributed by atoms with Gasteiger partial charge in [0.25, 0.3) is 0 Å². The number of nitrogen functional groups attached to an aromatic ring is 1. The van der Waals surface area contributed by atoms with Crippen LogP contribution >= 0.6 is 0 Å². The van der Waals surface area contributed by atoms with Crippen LogP contribution in [-0.4, -0.2) is 25.6 Å². The molecule has 7 nitrogen and oxygen atoms in total. The van der Waals surface area contributed by atoms with E-state index in [1.807, 2.05) is 18.3 Å². The van der Waals surface area contributed by atoms with E-state index in [0.29, 0.717) is 28.2 Å². The normalized spacial score (nSPS) is 17.4. The molecule has 32 heavy (non-hydrogen) atoms. The summed E-state index contributed by atoms with van der Waals surface area (Å²) in [6, 6.07) is 8.55. The highest BCUT2D eigenvalue weighted by molar-refractivity contribution is 6.06. The fourth-order valence-electron chi connectivity index (χ4n) is 4.26. The number of fused-ring (bicyclic) bond motifs is 2. The molecule has 156 valence electrons. The van der Waals surface area contributed by atoms with Gasteiger partial charge in [0.2, 0.25) is 0 Å². The van der Waals surface area contributed by atoms with Crippen LogP contribution in [0.2, 0.25) is 0 Å². The standard InChI is InChI=1S/C24H18FN7/c25-19-4-2-1-3-16(19)18-11-28-12-21-22(18)30-24(29-21)23-17-8-13(5-6-20(17)31-32-23)14-7-15(26)10-27-9-14/h1-7,9-12,17,31H,8,26H2,(H,29,30). The Bertz CT molecular complexity index is 1460. The van der Waals surface area contributed by atoms with Gasteiger partial charge in [0.15, 0.2) is 5.82 Å². The van der Waals surface area contributed by atoms with Gasteiger partial charge in [-0.1, -0.05) is 24.3 Å². The van der Waals surface area contributed by atoms with Gasteiger partial charge in [-0.2, -0.15) is 5.10 Å². The molecule has 6 rings (SSSR count). The zero-order valence-corrected chi connectivity index (χ0v) is 16.9. The lowest BCUT2D eigenvalue weighted by Gasteiger charge is -2.19. The van der Waals surface area contributed by atoms with Gasteiger partial charge in [-0.25, -0.2) is 9.37 Å². The van der Waals surface area contributed by atoms with E-state index >= 15 is 0 Å². The molecule has 0 amide bonds. The van der Waals surface area contributed by atoms with Gasteiger partial charge >= 0.3 is 0 Å². The number of allylic oxidation sites excluding steroid dienone is 4. The van der Waals surface area contributed by atoms with Crippen LogP contribution in [0, 0.1) is 11.7 Å². The maximum absolute atomic E-state index is 14.4. The molecule has 4 N–H and O–H groups in total. The molecule has 1 aromatic carbocycles. The maximum Gasteiger partial charge on any atom is 0.155 e. The molecular formula is C24H18FN7. The van der Waals surface area contributed by atoms with Gasteiger partial charge in [0.1, 0.15) is 17.0 Å². The van der Waals surface area contributed by atoms with E-state index < -0.39 is 0 Å². The number of nitrogens with two attached hydrogens (primary N) is 1. The minimum Gasteiger partial charge on any atom is -0.397 e. The molecule has 0 spiro atoms. The summed E-state index contributed by atoms with van der Waals surface area (Å²) >= 11 is 0. The first-order valence-corrected chi connectivity index (χ1v) is 10.2. The maximum atomic E-state index is 14.4. The fraction of sp³-hybridized carbons (Fsp3) is 0.0833. The number of halogens is 1. The Morgan fingerprint density at radius 3 is 2.75 bits per heavy atom. The second kappa shape index (κ2) is 7.12. The van der Waals surface area contributed by atoms with Crippen molar-refractivity contribution in [1.82, 2.24) is 25.4 Å². The highest BCUT2D eigenvalue weighted by atomic mass is 19.1. The van der Waals surface area contributed by atoms with Crippen molar-refractivity contribution in [3.8, 4) is 11.1 Å². The molecule has 0 saturated carbocycles. The molecule has 1 aliphatic heterocycles. The second-order valence-electron chi connectivity index (χ2n) is 7.83. The van der Waals surface area contributed by atoms with E-state index in [2.05, 4.69) is 31.6 Å². The summed E-state index contributed by atoms with van der Waals surface area (Å²) in [7, 11) is 0. The molecule has 1 unspecified atom stereocenters. The van der Waals surface area contributed by atoms with Crippen LogP contribution in [0.5, 0.6) is 0 Å². The number of nitrogens with one attached hydrogen (secondary N) is 2. The van der Waals surface area contributed by atoms with E-state index in [4.69, 9.17) is 10.7 Å². The minimum absolute atomic E-state index is 0.0156. The number of imidazole rings is 1. The molecule has 0 bridgehead atoms. The van der Waals surface area contributed by atoms with Gasteiger partial charge in [-0.3, -0.25) is 15.4 Å². The molecule has 0 fully saturated rings. The molecule has 2 aliphatic rings. The van der Waals surface area contributed by atoms with E-state index in [-0.39, 0.29) is 11.7 Å². The summed E-state index contributed by atoms with van der Waals surface area (Å²) < 4.78 is 14.4. The number of anilines is 1. The summed E-state index contributed by atoms with van der Waals surface area (Å²) in [5.41, 5.74) is 16.1. The number of hydrogen-bond acceptors (Lipinski definition) is 6. The molecular weight excluding hydrogens is 405 g/mol. The monoisotopic (exact) mass is 423 g/mol. The van der Waals surface area contributed by atoms with Crippen molar-refractivity contribution in [2.75, 3.05) is 5.73 Å². The first-order chi connectivity index (χ1) is 15.7. The number of aromatic amines is 1. The van der Waals surface area contributed by atoms with Gasteiger partial charge < -0.3 is 10.7 Å². The minimum atomic E-state index is -0.311. The van der Waals surface area contributed by atoms with Crippen LogP contribution in [0.15, 0.2) is 78.1 Å². The average molecular weight is 423 g/mol. The van der Waals surface area contributed by atoms with E-state index in [1.54, 1.807) is 36.8 Å². The number of benzene rings is 1. The summed E-state index contributed by atoms with van der Waals surface area (Å²) in [5, 5.41) is 4.55. The highest BCUT2D eigenvalue weighted by Crippen LogP contribution is 2.36. The van der Waals surface area contributed by atoms with Crippen molar-refractivity contribution in [3.63, 3.8) is 0 Å². The Balaban J connectivity index is 1.38. The number of hydrazone groups is 1. The SMILES string of the molecule is Nc1cncc(C2=CC=C3NN=C(c4nc5c(-c6ccccc6F)cncc5[nH]4)C3C2)c1.